The van der Waals surface area contributed by atoms with Crippen molar-refractivity contribution in [2.75, 3.05) is 0 Å². The number of nitrogens with zero attached hydrogens (tertiary/aromatic N) is 1. The van der Waals surface area contributed by atoms with Gasteiger partial charge in [0.2, 0.25) is 5.69 Å². The highest BCUT2D eigenvalue weighted by atomic mass is 35.5. The van der Waals surface area contributed by atoms with E-state index in [-0.39, 0.29) is 5.75 Å². The monoisotopic (exact) mass is 247 g/mol. The van der Waals surface area contributed by atoms with Crippen LogP contribution in [0.15, 0.2) is 48.5 Å². The molecule has 0 aliphatic rings. The zero-order valence-corrected chi connectivity index (χ0v) is 9.63. The topological polar surface area (TPSA) is 46.3 Å². The van der Waals surface area contributed by atoms with Crippen molar-refractivity contribution in [1.82, 2.24) is 0 Å². The van der Waals surface area contributed by atoms with Gasteiger partial charge < -0.3 is 10.3 Å². The molecule has 4 heteroatoms. The Hall–Kier alpha value is -2.00. The molecule has 3 nitrogen and oxygen atoms in total. The van der Waals surface area contributed by atoms with E-state index in [9.17, 15) is 10.3 Å². The van der Waals surface area contributed by atoms with Crippen molar-refractivity contribution in [3.63, 3.8) is 0 Å². The largest absolute Gasteiger partial charge is 0.618 e. The van der Waals surface area contributed by atoms with Crippen LogP contribution in [0.25, 0.3) is 0 Å². The minimum atomic E-state index is 0.0628. The van der Waals surface area contributed by atoms with Crippen LogP contribution < -0.4 is 0 Å². The molecule has 2 aromatic carbocycles. The van der Waals surface area contributed by atoms with Gasteiger partial charge in [-0.3, -0.25) is 0 Å². The second-order valence-electron chi connectivity index (χ2n) is 3.53. The summed E-state index contributed by atoms with van der Waals surface area (Å²) in [5.74, 6) is 0.0628. The van der Waals surface area contributed by atoms with E-state index in [1.807, 2.05) is 0 Å². The first-order valence-electron chi connectivity index (χ1n) is 5.01. The van der Waals surface area contributed by atoms with E-state index in [0.29, 0.717) is 15.4 Å². The summed E-state index contributed by atoms with van der Waals surface area (Å²) >= 11 is 5.75. The SMILES string of the molecule is [O-][N+](=Cc1ccc(Cl)cc1)c1cccc(O)c1. The molecule has 2 rings (SSSR count). The second-order valence-corrected chi connectivity index (χ2v) is 3.96. The number of benzene rings is 2. The molecule has 0 aliphatic carbocycles. The molecule has 0 amide bonds. The lowest BCUT2D eigenvalue weighted by Gasteiger charge is -2.03. The number of aromatic hydroxyl groups is 1. The first-order valence-corrected chi connectivity index (χ1v) is 5.39. The van der Waals surface area contributed by atoms with Crippen LogP contribution in [0.3, 0.4) is 0 Å². The fourth-order valence-corrected chi connectivity index (χ4v) is 1.51. The summed E-state index contributed by atoms with van der Waals surface area (Å²) in [5, 5.41) is 21.7. The molecule has 17 heavy (non-hydrogen) atoms. The normalized spacial score (nSPS) is 11.5. The van der Waals surface area contributed by atoms with E-state index in [1.54, 1.807) is 36.4 Å². The molecular weight excluding hydrogens is 238 g/mol. The summed E-state index contributed by atoms with van der Waals surface area (Å²) < 4.78 is 0.697. The van der Waals surface area contributed by atoms with Gasteiger partial charge in [-0.1, -0.05) is 17.7 Å². The Morgan fingerprint density at radius 3 is 2.47 bits per heavy atom. The summed E-state index contributed by atoms with van der Waals surface area (Å²) in [6.07, 6.45) is 1.42. The lowest BCUT2D eigenvalue weighted by Crippen LogP contribution is -1.98. The molecule has 0 aromatic heterocycles. The number of phenolic OH excluding ortho intramolecular Hbond substituents is 1. The van der Waals surface area contributed by atoms with Crippen molar-refractivity contribution in [2.24, 2.45) is 0 Å². The lowest BCUT2D eigenvalue weighted by atomic mass is 10.2. The number of phenols is 1. The van der Waals surface area contributed by atoms with Crippen molar-refractivity contribution in [2.45, 2.75) is 0 Å². The van der Waals surface area contributed by atoms with Gasteiger partial charge in [0.25, 0.3) is 0 Å². The molecule has 0 heterocycles. The van der Waals surface area contributed by atoms with Crippen LogP contribution in [0.2, 0.25) is 5.02 Å². The lowest BCUT2D eigenvalue weighted by molar-refractivity contribution is -0.354. The third kappa shape index (κ3) is 2.98. The first kappa shape index (κ1) is 11.5. The zero-order chi connectivity index (χ0) is 12.3. The van der Waals surface area contributed by atoms with Gasteiger partial charge in [0.05, 0.1) is 6.07 Å². The highest BCUT2D eigenvalue weighted by Crippen LogP contribution is 2.18. The molecule has 0 spiro atoms. The number of rotatable bonds is 2. The third-order valence-electron chi connectivity index (χ3n) is 2.22. The molecule has 0 saturated heterocycles. The van der Waals surface area contributed by atoms with E-state index in [2.05, 4.69) is 0 Å². The minimum Gasteiger partial charge on any atom is -0.618 e. The molecule has 0 unspecified atom stereocenters. The van der Waals surface area contributed by atoms with Gasteiger partial charge in [-0.05, 0) is 30.3 Å². The average molecular weight is 248 g/mol. The summed E-state index contributed by atoms with van der Waals surface area (Å²) in [6, 6.07) is 13.1. The molecule has 0 fully saturated rings. The smallest absolute Gasteiger partial charge is 0.220 e. The standard InChI is InChI=1S/C13H10ClNO2/c14-11-6-4-10(5-7-11)9-15(17)12-2-1-3-13(16)8-12/h1-9,16H. The maximum atomic E-state index is 11.8. The van der Waals surface area contributed by atoms with Gasteiger partial charge >= 0.3 is 0 Å². The number of hydrogen-bond donors (Lipinski definition) is 1. The summed E-state index contributed by atoms with van der Waals surface area (Å²) in [6.45, 7) is 0. The van der Waals surface area contributed by atoms with Crippen molar-refractivity contribution in [1.29, 1.82) is 0 Å². The molecule has 0 radical (unpaired) electrons. The van der Waals surface area contributed by atoms with Gasteiger partial charge in [-0.25, -0.2) is 0 Å². The summed E-state index contributed by atoms with van der Waals surface area (Å²) in [4.78, 5) is 0. The highest BCUT2D eigenvalue weighted by molar-refractivity contribution is 6.30. The molecule has 0 saturated carbocycles. The predicted molar refractivity (Wildman–Crippen MR) is 68.0 cm³/mol. The Kier molecular flexibility index (Phi) is 3.30. The zero-order valence-electron chi connectivity index (χ0n) is 8.88. The Morgan fingerprint density at radius 1 is 1.12 bits per heavy atom. The summed E-state index contributed by atoms with van der Waals surface area (Å²) in [7, 11) is 0. The molecule has 86 valence electrons. The average Bonchev–Trinajstić information content (AvgIpc) is 2.32. The van der Waals surface area contributed by atoms with Crippen molar-refractivity contribution in [3.05, 3.63) is 64.3 Å². The van der Waals surface area contributed by atoms with Crippen molar-refractivity contribution >= 4 is 23.5 Å². The van der Waals surface area contributed by atoms with Gasteiger partial charge in [0.1, 0.15) is 5.75 Å². The first-order chi connectivity index (χ1) is 8.15. The Morgan fingerprint density at radius 2 is 1.82 bits per heavy atom. The number of hydrogen-bond acceptors (Lipinski definition) is 2. The second kappa shape index (κ2) is 4.89. The van der Waals surface area contributed by atoms with Gasteiger partial charge in [-0.2, -0.15) is 4.74 Å². The van der Waals surface area contributed by atoms with Crippen LogP contribution in [0, 0.1) is 5.21 Å². The fourth-order valence-electron chi connectivity index (χ4n) is 1.39. The van der Waals surface area contributed by atoms with Crippen LogP contribution in [-0.4, -0.2) is 16.1 Å². The van der Waals surface area contributed by atoms with E-state index >= 15 is 0 Å². The van der Waals surface area contributed by atoms with E-state index in [4.69, 9.17) is 11.6 Å². The third-order valence-corrected chi connectivity index (χ3v) is 2.47. The van der Waals surface area contributed by atoms with Crippen LogP contribution in [0.4, 0.5) is 5.69 Å². The Balaban J connectivity index is 2.30. The van der Waals surface area contributed by atoms with Gasteiger partial charge in [0, 0.05) is 16.7 Å². The van der Waals surface area contributed by atoms with Gasteiger partial charge in [0.15, 0.2) is 6.21 Å². The minimum absolute atomic E-state index is 0.0628. The molecule has 2 aromatic rings. The maximum absolute atomic E-state index is 11.8. The highest BCUT2D eigenvalue weighted by Gasteiger charge is 2.02. The molecule has 0 aliphatic heterocycles. The van der Waals surface area contributed by atoms with E-state index in [1.165, 1.54) is 18.3 Å². The number of halogens is 1. The summed E-state index contributed by atoms with van der Waals surface area (Å²) in [5.41, 5.74) is 1.12. The fraction of sp³-hybridized carbons (Fsp3) is 0. The quantitative estimate of drug-likeness (QED) is 0.383. The molecule has 0 bridgehead atoms. The predicted octanol–water partition coefficient (Wildman–Crippen LogP) is 3.31. The van der Waals surface area contributed by atoms with Crippen LogP contribution >= 0.6 is 11.6 Å². The van der Waals surface area contributed by atoms with Gasteiger partial charge in [-0.15, -0.1) is 0 Å². The van der Waals surface area contributed by atoms with Crippen LogP contribution in [-0.2, 0) is 0 Å². The van der Waals surface area contributed by atoms with E-state index in [0.717, 1.165) is 5.56 Å². The van der Waals surface area contributed by atoms with Crippen molar-refractivity contribution in [3.8, 4) is 5.75 Å². The van der Waals surface area contributed by atoms with Crippen LogP contribution in [0.1, 0.15) is 5.56 Å². The van der Waals surface area contributed by atoms with Crippen LogP contribution in [0.5, 0.6) is 5.75 Å². The Bertz CT molecular complexity index is 550. The Labute approximate surface area is 104 Å². The molecule has 1 N–H and O–H groups in total. The van der Waals surface area contributed by atoms with Crippen molar-refractivity contribution < 1.29 is 9.85 Å². The maximum Gasteiger partial charge on any atom is 0.220 e. The molecule has 0 atom stereocenters. The molecular formula is C13H10ClNO2. The van der Waals surface area contributed by atoms with E-state index < -0.39 is 0 Å².